The molecule has 0 aliphatic rings. The highest BCUT2D eigenvalue weighted by Crippen LogP contribution is 2.15. The number of esters is 2. The van der Waals surface area contributed by atoms with Crippen molar-refractivity contribution in [2.24, 2.45) is 0 Å². The van der Waals surface area contributed by atoms with Crippen LogP contribution in [0.3, 0.4) is 0 Å². The first kappa shape index (κ1) is 15.1. The zero-order chi connectivity index (χ0) is 14.6. The predicted molar refractivity (Wildman–Crippen MR) is 70.1 cm³/mol. The molecular formula is C14H19NO4. The lowest BCUT2D eigenvalue weighted by Crippen LogP contribution is -2.24. The minimum Gasteiger partial charge on any atom is -0.462 e. The summed E-state index contributed by atoms with van der Waals surface area (Å²) in [5, 5.41) is 0. The van der Waals surface area contributed by atoms with Crippen LogP contribution in [0.25, 0.3) is 0 Å². The highest BCUT2D eigenvalue weighted by molar-refractivity contribution is 5.95. The number of aryl methyl sites for hydroxylation is 1. The molecule has 0 unspecified atom stereocenters. The van der Waals surface area contributed by atoms with Crippen molar-refractivity contribution in [3.63, 3.8) is 0 Å². The molecule has 1 aromatic rings. The number of nitrogens with zero attached hydrogens (tertiary/aromatic N) is 1. The van der Waals surface area contributed by atoms with E-state index in [1.807, 2.05) is 0 Å². The summed E-state index contributed by atoms with van der Waals surface area (Å²) in [4.78, 5) is 27.6. The van der Waals surface area contributed by atoms with Gasteiger partial charge in [-0.3, -0.25) is 4.98 Å². The predicted octanol–water partition coefficient (Wildman–Crippen LogP) is 2.52. The molecule has 1 aromatic heterocycles. The molecule has 0 saturated carbocycles. The molecule has 0 saturated heterocycles. The Balaban J connectivity index is 3.04. The van der Waals surface area contributed by atoms with E-state index in [1.165, 1.54) is 12.3 Å². The van der Waals surface area contributed by atoms with Gasteiger partial charge in [-0.25, -0.2) is 9.59 Å². The lowest BCUT2D eigenvalue weighted by molar-refractivity contribution is 0.00682. The SMILES string of the molecule is CCOC(=O)c1cnc(C)c(C(=O)OC(C)(C)C)c1. The molecule has 1 rings (SSSR count). The van der Waals surface area contributed by atoms with Crippen LogP contribution in [0.5, 0.6) is 0 Å². The molecule has 0 radical (unpaired) electrons. The van der Waals surface area contributed by atoms with Crippen LogP contribution in [0.4, 0.5) is 0 Å². The first-order valence-electron chi connectivity index (χ1n) is 6.11. The third-order valence-corrected chi connectivity index (χ3v) is 2.22. The Labute approximate surface area is 112 Å². The van der Waals surface area contributed by atoms with Gasteiger partial charge in [0.1, 0.15) is 5.60 Å². The summed E-state index contributed by atoms with van der Waals surface area (Å²) < 4.78 is 10.1. The summed E-state index contributed by atoms with van der Waals surface area (Å²) in [5.41, 5.74) is 0.444. The average molecular weight is 265 g/mol. The van der Waals surface area contributed by atoms with Crippen LogP contribution in [-0.2, 0) is 9.47 Å². The quantitative estimate of drug-likeness (QED) is 0.786. The zero-order valence-corrected chi connectivity index (χ0v) is 11.9. The largest absolute Gasteiger partial charge is 0.462 e. The topological polar surface area (TPSA) is 65.5 Å². The van der Waals surface area contributed by atoms with Crippen LogP contribution in [0, 0.1) is 6.92 Å². The molecule has 0 bridgehead atoms. The lowest BCUT2D eigenvalue weighted by Gasteiger charge is -2.20. The molecular weight excluding hydrogens is 246 g/mol. The van der Waals surface area contributed by atoms with Crippen LogP contribution in [-0.4, -0.2) is 29.1 Å². The van der Waals surface area contributed by atoms with Gasteiger partial charge in [0.05, 0.1) is 23.4 Å². The summed E-state index contributed by atoms with van der Waals surface area (Å²) in [5.74, 6) is -0.997. The van der Waals surface area contributed by atoms with Crippen LogP contribution in [0.2, 0.25) is 0 Å². The number of aromatic nitrogens is 1. The van der Waals surface area contributed by atoms with Crippen LogP contribution >= 0.6 is 0 Å². The fourth-order valence-electron chi connectivity index (χ4n) is 1.40. The molecule has 0 aliphatic carbocycles. The van der Waals surface area contributed by atoms with Gasteiger partial charge in [-0.15, -0.1) is 0 Å². The number of hydrogen-bond acceptors (Lipinski definition) is 5. The summed E-state index contributed by atoms with van der Waals surface area (Å²) >= 11 is 0. The maximum absolute atomic E-state index is 12.0. The van der Waals surface area contributed by atoms with Crippen LogP contribution in [0.15, 0.2) is 12.3 Å². The third kappa shape index (κ3) is 4.35. The average Bonchev–Trinajstić information content (AvgIpc) is 2.27. The van der Waals surface area contributed by atoms with Crippen molar-refractivity contribution in [3.8, 4) is 0 Å². The smallest absolute Gasteiger partial charge is 0.340 e. The Morgan fingerprint density at radius 3 is 2.42 bits per heavy atom. The first-order chi connectivity index (χ1) is 8.74. The molecule has 19 heavy (non-hydrogen) atoms. The Bertz CT molecular complexity index is 489. The van der Waals surface area contributed by atoms with Gasteiger partial charge in [0, 0.05) is 6.20 Å². The van der Waals surface area contributed by atoms with Gasteiger partial charge in [0.2, 0.25) is 0 Å². The van der Waals surface area contributed by atoms with Crippen molar-refractivity contribution < 1.29 is 19.1 Å². The second-order valence-electron chi connectivity index (χ2n) is 5.08. The van der Waals surface area contributed by atoms with E-state index in [2.05, 4.69) is 4.98 Å². The van der Waals surface area contributed by atoms with Crippen molar-refractivity contribution in [1.82, 2.24) is 4.98 Å². The molecule has 1 heterocycles. The number of carbonyl (C=O) groups is 2. The Morgan fingerprint density at radius 2 is 1.89 bits per heavy atom. The molecule has 0 amide bonds. The Kier molecular flexibility index (Phi) is 4.64. The number of rotatable bonds is 3. The second-order valence-corrected chi connectivity index (χ2v) is 5.08. The maximum atomic E-state index is 12.0. The van der Waals surface area contributed by atoms with Crippen molar-refractivity contribution >= 4 is 11.9 Å². The van der Waals surface area contributed by atoms with E-state index in [0.29, 0.717) is 5.69 Å². The lowest BCUT2D eigenvalue weighted by atomic mass is 10.1. The molecule has 0 N–H and O–H groups in total. The summed E-state index contributed by atoms with van der Waals surface area (Å²) in [6.07, 6.45) is 1.39. The van der Waals surface area contributed by atoms with Crippen LogP contribution < -0.4 is 0 Å². The maximum Gasteiger partial charge on any atom is 0.340 e. The van der Waals surface area contributed by atoms with E-state index in [4.69, 9.17) is 9.47 Å². The number of carbonyl (C=O) groups excluding carboxylic acids is 2. The number of pyridine rings is 1. The first-order valence-corrected chi connectivity index (χ1v) is 6.11. The van der Waals surface area contributed by atoms with Crippen molar-refractivity contribution in [2.75, 3.05) is 6.61 Å². The van der Waals surface area contributed by atoms with Gasteiger partial charge in [-0.05, 0) is 40.7 Å². The zero-order valence-electron chi connectivity index (χ0n) is 11.9. The van der Waals surface area contributed by atoms with Gasteiger partial charge < -0.3 is 9.47 Å². The molecule has 104 valence electrons. The molecule has 0 aromatic carbocycles. The van der Waals surface area contributed by atoms with E-state index in [0.717, 1.165) is 0 Å². The normalized spacial score (nSPS) is 11.0. The van der Waals surface area contributed by atoms with Crippen molar-refractivity contribution in [2.45, 2.75) is 40.2 Å². The molecule has 0 spiro atoms. The van der Waals surface area contributed by atoms with E-state index >= 15 is 0 Å². The summed E-state index contributed by atoms with van der Waals surface area (Å²) in [7, 11) is 0. The van der Waals surface area contributed by atoms with E-state index in [-0.39, 0.29) is 17.7 Å². The van der Waals surface area contributed by atoms with E-state index in [1.54, 1.807) is 34.6 Å². The number of ether oxygens (including phenoxy) is 2. The van der Waals surface area contributed by atoms with Crippen molar-refractivity contribution in [1.29, 1.82) is 0 Å². The molecule has 0 aliphatic heterocycles. The summed E-state index contributed by atoms with van der Waals surface area (Å²) in [6.45, 7) is 9.02. The van der Waals surface area contributed by atoms with E-state index < -0.39 is 17.5 Å². The second kappa shape index (κ2) is 5.82. The van der Waals surface area contributed by atoms with Gasteiger partial charge in [0.25, 0.3) is 0 Å². The standard InChI is InChI=1S/C14H19NO4/c1-6-18-12(16)10-7-11(9(2)15-8-10)13(17)19-14(3,4)5/h7-8H,6H2,1-5H3. The van der Waals surface area contributed by atoms with Crippen molar-refractivity contribution in [3.05, 3.63) is 29.1 Å². The van der Waals surface area contributed by atoms with Crippen LogP contribution in [0.1, 0.15) is 54.1 Å². The third-order valence-electron chi connectivity index (χ3n) is 2.22. The highest BCUT2D eigenvalue weighted by atomic mass is 16.6. The van der Waals surface area contributed by atoms with Gasteiger partial charge in [-0.2, -0.15) is 0 Å². The minimum absolute atomic E-state index is 0.244. The monoisotopic (exact) mass is 265 g/mol. The molecule has 5 heteroatoms. The van der Waals surface area contributed by atoms with Gasteiger partial charge in [0.15, 0.2) is 0 Å². The Morgan fingerprint density at radius 1 is 1.26 bits per heavy atom. The molecule has 0 fully saturated rings. The minimum atomic E-state index is -0.594. The van der Waals surface area contributed by atoms with Gasteiger partial charge in [-0.1, -0.05) is 0 Å². The van der Waals surface area contributed by atoms with E-state index in [9.17, 15) is 9.59 Å². The fourth-order valence-corrected chi connectivity index (χ4v) is 1.40. The molecule has 5 nitrogen and oxygen atoms in total. The Hall–Kier alpha value is -1.91. The van der Waals surface area contributed by atoms with Gasteiger partial charge >= 0.3 is 11.9 Å². The fraction of sp³-hybridized carbons (Fsp3) is 0.500. The molecule has 0 atom stereocenters. The number of hydrogen-bond donors (Lipinski definition) is 0. The summed E-state index contributed by atoms with van der Waals surface area (Å²) in [6, 6.07) is 1.45. The highest BCUT2D eigenvalue weighted by Gasteiger charge is 2.21.